The Morgan fingerprint density at radius 2 is 1.62 bits per heavy atom. The van der Waals surface area contributed by atoms with Gasteiger partial charge in [0.05, 0.1) is 10.0 Å². The van der Waals surface area contributed by atoms with Gasteiger partial charge >= 0.3 is 0 Å². The van der Waals surface area contributed by atoms with Crippen LogP contribution in [-0.4, -0.2) is 35.4 Å². The quantitative estimate of drug-likeness (QED) is 0.277. The molecule has 196 valence electrons. The molecule has 0 bridgehead atoms. The van der Waals surface area contributed by atoms with Gasteiger partial charge in [-0.15, -0.1) is 0 Å². The van der Waals surface area contributed by atoms with Crippen LogP contribution in [0.4, 0.5) is 0 Å². The van der Waals surface area contributed by atoms with Crippen molar-refractivity contribution in [2.24, 2.45) is 0 Å². The first-order valence-electron chi connectivity index (χ1n) is 12.1. The van der Waals surface area contributed by atoms with Crippen molar-refractivity contribution < 1.29 is 14.3 Å². The van der Waals surface area contributed by atoms with E-state index < -0.39 is 6.04 Å². The van der Waals surface area contributed by atoms with E-state index in [9.17, 15) is 9.59 Å². The molecule has 0 fully saturated rings. The summed E-state index contributed by atoms with van der Waals surface area (Å²) >= 11 is 18.5. The summed E-state index contributed by atoms with van der Waals surface area (Å²) in [5.74, 6) is -0.0405. The van der Waals surface area contributed by atoms with Gasteiger partial charge in [-0.2, -0.15) is 0 Å². The summed E-state index contributed by atoms with van der Waals surface area (Å²) in [5, 5.41) is 4.45. The van der Waals surface area contributed by atoms with Crippen LogP contribution in [0.5, 0.6) is 5.75 Å². The number of carbonyl (C=O) groups excluding carboxylic acids is 2. The van der Waals surface area contributed by atoms with Gasteiger partial charge in [-0.1, -0.05) is 78.1 Å². The number of carbonyl (C=O) groups is 2. The lowest BCUT2D eigenvalue weighted by atomic mass is 10.0. The lowest BCUT2D eigenvalue weighted by molar-refractivity contribution is -0.143. The van der Waals surface area contributed by atoms with E-state index in [1.165, 1.54) is 0 Å². The molecule has 0 radical (unpaired) electrons. The first-order chi connectivity index (χ1) is 17.7. The van der Waals surface area contributed by atoms with Crippen LogP contribution in [0.2, 0.25) is 15.1 Å². The fourth-order valence-corrected chi connectivity index (χ4v) is 4.20. The topological polar surface area (TPSA) is 58.6 Å². The third-order valence-corrected chi connectivity index (χ3v) is 7.26. The number of halogens is 3. The number of rotatable bonds is 11. The maximum atomic E-state index is 13.7. The second-order valence-corrected chi connectivity index (χ2v) is 10.2. The van der Waals surface area contributed by atoms with Crippen LogP contribution >= 0.6 is 34.8 Å². The molecule has 0 heterocycles. The highest BCUT2D eigenvalue weighted by atomic mass is 35.5. The molecule has 0 unspecified atom stereocenters. The molecule has 3 aromatic rings. The molecule has 3 aromatic carbocycles. The van der Waals surface area contributed by atoms with Crippen molar-refractivity contribution in [2.45, 2.75) is 52.2 Å². The summed E-state index contributed by atoms with van der Waals surface area (Å²) in [6.45, 7) is 5.71. The largest absolute Gasteiger partial charge is 0.484 e. The lowest BCUT2D eigenvalue weighted by Gasteiger charge is -2.32. The molecule has 0 aliphatic rings. The minimum Gasteiger partial charge on any atom is -0.484 e. The van der Waals surface area contributed by atoms with Gasteiger partial charge in [-0.05, 0) is 67.3 Å². The third kappa shape index (κ3) is 8.39. The van der Waals surface area contributed by atoms with Crippen molar-refractivity contribution in [2.75, 3.05) is 6.61 Å². The third-order valence-electron chi connectivity index (χ3n) is 6.10. The second-order valence-electron chi connectivity index (χ2n) is 8.99. The molecule has 0 aliphatic carbocycles. The molecule has 2 atom stereocenters. The minimum absolute atomic E-state index is 0.0407. The molecular weight excluding hydrogens is 531 g/mol. The summed E-state index contributed by atoms with van der Waals surface area (Å²) in [5.41, 5.74) is 2.53. The normalized spacial score (nSPS) is 12.5. The Hall–Kier alpha value is -2.73. The maximum absolute atomic E-state index is 13.7. The number of nitrogens with one attached hydrogen (secondary N) is 1. The van der Waals surface area contributed by atoms with E-state index in [2.05, 4.69) is 5.32 Å². The number of aryl methyl sites for hydroxylation is 1. The van der Waals surface area contributed by atoms with Crippen molar-refractivity contribution in [3.8, 4) is 5.75 Å². The van der Waals surface area contributed by atoms with Gasteiger partial charge in [0.15, 0.2) is 6.61 Å². The highest BCUT2D eigenvalue weighted by molar-refractivity contribution is 6.42. The van der Waals surface area contributed by atoms with E-state index >= 15 is 0 Å². The van der Waals surface area contributed by atoms with Crippen LogP contribution in [0.3, 0.4) is 0 Å². The Labute approximate surface area is 233 Å². The number of hydrogen-bond donors (Lipinski definition) is 1. The van der Waals surface area contributed by atoms with Gasteiger partial charge in [-0.25, -0.2) is 0 Å². The fraction of sp³-hybridized carbons (Fsp3) is 0.310. The zero-order valence-corrected chi connectivity index (χ0v) is 23.4. The van der Waals surface area contributed by atoms with Gasteiger partial charge in [0, 0.05) is 24.0 Å². The molecule has 3 rings (SSSR count). The second kappa shape index (κ2) is 13.7. The van der Waals surface area contributed by atoms with Crippen LogP contribution in [0, 0.1) is 6.92 Å². The molecular formula is C29H31Cl3N2O3. The zero-order chi connectivity index (χ0) is 26.9. The van der Waals surface area contributed by atoms with Gasteiger partial charge in [0.1, 0.15) is 11.8 Å². The molecule has 37 heavy (non-hydrogen) atoms. The number of nitrogens with zero attached hydrogens (tertiary/aromatic N) is 1. The average molecular weight is 562 g/mol. The van der Waals surface area contributed by atoms with Gasteiger partial charge in [0.2, 0.25) is 5.91 Å². The molecule has 8 heteroatoms. The van der Waals surface area contributed by atoms with E-state index in [4.69, 9.17) is 39.5 Å². The van der Waals surface area contributed by atoms with Crippen LogP contribution in [0.15, 0.2) is 66.7 Å². The van der Waals surface area contributed by atoms with Crippen molar-refractivity contribution in [3.63, 3.8) is 0 Å². The Morgan fingerprint density at radius 1 is 0.919 bits per heavy atom. The number of ether oxygens (including phenoxy) is 1. The lowest BCUT2D eigenvalue weighted by Crippen LogP contribution is -2.53. The molecule has 0 spiro atoms. The predicted molar refractivity (Wildman–Crippen MR) is 151 cm³/mol. The Kier molecular flexibility index (Phi) is 10.7. The SMILES string of the molecule is CC[C@@H](C)NC(=O)[C@@H](Cc1ccccc1)N(Cc1ccc(Cl)c(Cl)c1)C(=O)COc1ccc(Cl)c(C)c1. The average Bonchev–Trinajstić information content (AvgIpc) is 2.89. The van der Waals surface area contributed by atoms with Crippen molar-refractivity contribution in [1.29, 1.82) is 0 Å². The summed E-state index contributed by atoms with van der Waals surface area (Å²) < 4.78 is 5.82. The number of benzene rings is 3. The van der Waals surface area contributed by atoms with E-state index in [0.29, 0.717) is 27.2 Å². The summed E-state index contributed by atoms with van der Waals surface area (Å²) in [6, 6.07) is 19.2. The van der Waals surface area contributed by atoms with Crippen LogP contribution in [0.1, 0.15) is 37.0 Å². The number of amides is 2. The molecule has 2 amide bonds. The minimum atomic E-state index is -0.770. The monoisotopic (exact) mass is 560 g/mol. The molecule has 0 aromatic heterocycles. The van der Waals surface area contributed by atoms with E-state index in [0.717, 1.165) is 23.1 Å². The highest BCUT2D eigenvalue weighted by Gasteiger charge is 2.31. The summed E-state index contributed by atoms with van der Waals surface area (Å²) in [7, 11) is 0. The van der Waals surface area contributed by atoms with Crippen molar-refractivity contribution in [3.05, 3.63) is 98.5 Å². The zero-order valence-electron chi connectivity index (χ0n) is 21.1. The van der Waals surface area contributed by atoms with Crippen molar-refractivity contribution >= 4 is 46.6 Å². The molecule has 0 saturated carbocycles. The van der Waals surface area contributed by atoms with E-state index in [-0.39, 0.29) is 31.0 Å². The molecule has 5 nitrogen and oxygen atoms in total. The molecule has 0 aliphatic heterocycles. The summed E-state index contributed by atoms with van der Waals surface area (Å²) in [6.07, 6.45) is 1.11. The first kappa shape index (κ1) is 28.8. The Morgan fingerprint density at radius 3 is 2.27 bits per heavy atom. The predicted octanol–water partition coefficient (Wildman–Crippen LogP) is 6.89. The highest BCUT2D eigenvalue weighted by Crippen LogP contribution is 2.25. The smallest absolute Gasteiger partial charge is 0.261 e. The molecule has 1 N–H and O–H groups in total. The Bertz CT molecular complexity index is 1220. The van der Waals surface area contributed by atoms with Gasteiger partial charge in [0.25, 0.3) is 5.91 Å². The standard InChI is InChI=1S/C29H31Cl3N2O3/c1-4-20(3)33-29(36)27(16-21-8-6-5-7-9-21)34(17-22-10-12-25(31)26(32)15-22)28(35)18-37-23-11-13-24(30)19(2)14-23/h5-15,20,27H,4,16-18H2,1-3H3,(H,33,36)/t20-,27-/m1/s1. The molecule has 0 saturated heterocycles. The maximum Gasteiger partial charge on any atom is 0.261 e. The van der Waals surface area contributed by atoms with E-state index in [1.54, 1.807) is 41.3 Å². The van der Waals surface area contributed by atoms with Crippen LogP contribution in [0.25, 0.3) is 0 Å². The van der Waals surface area contributed by atoms with Crippen LogP contribution in [-0.2, 0) is 22.6 Å². The van der Waals surface area contributed by atoms with E-state index in [1.807, 2.05) is 51.1 Å². The fourth-order valence-electron chi connectivity index (χ4n) is 3.76. The summed E-state index contributed by atoms with van der Waals surface area (Å²) in [4.78, 5) is 28.7. The van der Waals surface area contributed by atoms with Crippen molar-refractivity contribution in [1.82, 2.24) is 10.2 Å². The number of hydrogen-bond acceptors (Lipinski definition) is 3. The first-order valence-corrected chi connectivity index (χ1v) is 13.3. The van der Waals surface area contributed by atoms with Gasteiger partial charge < -0.3 is 15.0 Å². The van der Waals surface area contributed by atoms with Crippen LogP contribution < -0.4 is 10.1 Å². The Balaban J connectivity index is 1.93. The van der Waals surface area contributed by atoms with Gasteiger partial charge in [-0.3, -0.25) is 9.59 Å².